The highest BCUT2D eigenvalue weighted by molar-refractivity contribution is 6.58. The molecule has 0 fully saturated rings. The lowest BCUT2D eigenvalue weighted by Gasteiger charge is -2.34. The highest BCUT2D eigenvalue weighted by atomic mass is 19.2. The fourth-order valence-electron chi connectivity index (χ4n) is 5.96. The topological polar surface area (TPSA) is 35.6 Å². The van der Waals surface area contributed by atoms with Crippen molar-refractivity contribution in [1.82, 2.24) is 4.48 Å². The Bertz CT molecular complexity index is 1300. The lowest BCUT2D eigenvalue weighted by atomic mass is 9.83. The smallest absolute Gasteiger partial charge is 0.496 e. The zero-order chi connectivity index (χ0) is 25.1. The lowest BCUT2D eigenvalue weighted by Crippen LogP contribution is -2.51. The number of hydrogen-bond donors (Lipinski definition) is 0. The van der Waals surface area contributed by atoms with Crippen LogP contribution in [0.15, 0.2) is 29.0 Å². The van der Waals surface area contributed by atoms with Crippen LogP contribution in [0.1, 0.15) is 62.2 Å². The van der Waals surface area contributed by atoms with Gasteiger partial charge in [-0.2, -0.15) is 0 Å². The normalized spacial score (nSPS) is 16.8. The number of benzene rings is 1. The van der Waals surface area contributed by atoms with Gasteiger partial charge in [-0.05, 0) is 56.5 Å². The summed E-state index contributed by atoms with van der Waals surface area (Å²) in [6, 6.07) is 3.59. The van der Waals surface area contributed by atoms with E-state index in [9.17, 15) is 0 Å². The van der Waals surface area contributed by atoms with Crippen LogP contribution in [0.5, 0.6) is 17.2 Å². The van der Waals surface area contributed by atoms with Crippen LogP contribution in [0.3, 0.4) is 0 Å². The van der Waals surface area contributed by atoms with Gasteiger partial charge in [0.25, 0.3) is 0 Å². The molecule has 4 rings (SSSR count). The molecule has 0 saturated heterocycles. The van der Waals surface area contributed by atoms with E-state index >= 15 is 8.63 Å². The standard InChI is InChI=1S/C26H33BF2N2O3/c1-10-18-14(3)25-24(20-12-22(33-8)23(34-9)13-21(20)32-7)26-15(4)19(11-2)17(6)31(26)27(28,29)30(25)16(18)5/h12-13H,10-11H2,1-9H3. The highest BCUT2D eigenvalue weighted by Gasteiger charge is 2.57. The summed E-state index contributed by atoms with van der Waals surface area (Å²) in [6.45, 7) is 7.42. The van der Waals surface area contributed by atoms with E-state index in [1.165, 1.54) is 8.96 Å². The summed E-state index contributed by atoms with van der Waals surface area (Å²) in [5.41, 5.74) is 7.35. The van der Waals surface area contributed by atoms with Crippen molar-refractivity contribution in [2.45, 2.75) is 54.4 Å². The van der Waals surface area contributed by atoms with Crippen molar-refractivity contribution in [2.24, 2.45) is 0 Å². The zero-order valence-electron chi connectivity index (χ0n) is 21.5. The Morgan fingerprint density at radius 1 is 0.882 bits per heavy atom. The number of fused-ring (bicyclic) bond motifs is 2. The number of rotatable bonds is 6. The molecule has 0 aliphatic carbocycles. The van der Waals surface area contributed by atoms with Crippen LogP contribution in [0.25, 0.3) is 5.57 Å². The van der Waals surface area contributed by atoms with E-state index < -0.39 is 6.97 Å². The summed E-state index contributed by atoms with van der Waals surface area (Å²) < 4.78 is 52.2. The first-order valence-electron chi connectivity index (χ1n) is 11.7. The van der Waals surface area contributed by atoms with Crippen molar-refractivity contribution >= 4 is 18.3 Å². The molecule has 5 nitrogen and oxygen atoms in total. The molecule has 0 unspecified atom stereocenters. The quantitative estimate of drug-likeness (QED) is 0.493. The predicted octanol–water partition coefficient (Wildman–Crippen LogP) is 5.90. The second-order valence-electron chi connectivity index (χ2n) is 8.89. The monoisotopic (exact) mass is 470 g/mol. The minimum Gasteiger partial charge on any atom is -0.496 e. The largest absolute Gasteiger partial charge is 0.737 e. The lowest BCUT2D eigenvalue weighted by molar-refractivity contribution is -0.363. The van der Waals surface area contributed by atoms with Crippen molar-refractivity contribution in [3.63, 3.8) is 0 Å². The van der Waals surface area contributed by atoms with E-state index in [0.29, 0.717) is 58.5 Å². The van der Waals surface area contributed by atoms with Crippen LogP contribution in [-0.4, -0.2) is 43.0 Å². The molecule has 0 radical (unpaired) electrons. The van der Waals surface area contributed by atoms with Gasteiger partial charge in [-0.25, -0.2) is 0 Å². The molecule has 34 heavy (non-hydrogen) atoms. The zero-order valence-corrected chi connectivity index (χ0v) is 21.5. The first-order valence-corrected chi connectivity index (χ1v) is 11.7. The van der Waals surface area contributed by atoms with Gasteiger partial charge in [0.1, 0.15) is 11.5 Å². The third-order valence-electron chi connectivity index (χ3n) is 7.47. The van der Waals surface area contributed by atoms with Gasteiger partial charge in [0, 0.05) is 35.4 Å². The molecule has 1 aromatic carbocycles. The summed E-state index contributed by atoms with van der Waals surface area (Å²) in [5.74, 6) is 1.57. The number of hydrogen-bond acceptors (Lipinski definition) is 3. The van der Waals surface area contributed by atoms with Crippen molar-refractivity contribution in [3.8, 4) is 17.2 Å². The average molecular weight is 470 g/mol. The molecule has 2 aliphatic rings. The van der Waals surface area contributed by atoms with Crippen molar-refractivity contribution in [3.05, 3.63) is 57.1 Å². The first kappa shape index (κ1) is 24.1. The molecular weight excluding hydrogens is 437 g/mol. The van der Waals surface area contributed by atoms with Crippen LogP contribution in [0.2, 0.25) is 0 Å². The van der Waals surface area contributed by atoms with Gasteiger partial charge in [-0.3, -0.25) is 0 Å². The molecule has 1 aromatic heterocycles. The van der Waals surface area contributed by atoms with Crippen molar-refractivity contribution in [2.75, 3.05) is 21.3 Å². The van der Waals surface area contributed by atoms with Gasteiger partial charge in [0.05, 0.1) is 26.9 Å². The molecule has 0 atom stereocenters. The maximum absolute atomic E-state index is 16.4. The Balaban J connectivity index is 2.26. The number of ether oxygens (including phenoxy) is 3. The molecule has 0 amide bonds. The van der Waals surface area contributed by atoms with Crippen LogP contribution in [-0.2, 0) is 6.42 Å². The van der Waals surface area contributed by atoms with Crippen LogP contribution >= 0.6 is 0 Å². The molecule has 8 heteroatoms. The summed E-state index contributed by atoms with van der Waals surface area (Å²) in [6.07, 6.45) is 1.35. The Morgan fingerprint density at radius 2 is 1.47 bits per heavy atom. The Morgan fingerprint density at radius 3 is 2.00 bits per heavy atom. The second-order valence-corrected chi connectivity index (χ2v) is 8.89. The van der Waals surface area contributed by atoms with E-state index in [0.717, 1.165) is 27.8 Å². The number of halogens is 2. The van der Waals surface area contributed by atoms with E-state index in [2.05, 4.69) is 0 Å². The fourth-order valence-corrected chi connectivity index (χ4v) is 5.96. The second kappa shape index (κ2) is 8.33. The molecule has 182 valence electrons. The molecule has 3 heterocycles. The molecular formula is C26H33BF2N2O3. The van der Waals surface area contributed by atoms with Crippen molar-refractivity contribution < 1.29 is 27.3 Å². The van der Waals surface area contributed by atoms with Gasteiger partial charge in [0.15, 0.2) is 17.2 Å². The Hall–Kier alpha value is -3.03. The summed E-state index contributed by atoms with van der Waals surface area (Å²) in [5, 5.41) is 0. The molecule has 0 saturated carbocycles. The Kier molecular flexibility index (Phi) is 5.90. The molecule has 2 aliphatic heterocycles. The molecule has 2 aromatic rings. The first-order chi connectivity index (χ1) is 16.1. The number of nitrogens with zero attached hydrogens (tertiary/aromatic N) is 2. The van der Waals surface area contributed by atoms with E-state index in [-0.39, 0.29) is 0 Å². The maximum Gasteiger partial charge on any atom is 0.737 e. The fraction of sp³-hybridized carbons (Fsp3) is 0.423. The number of aromatic nitrogens is 1. The predicted molar refractivity (Wildman–Crippen MR) is 133 cm³/mol. The number of allylic oxidation sites excluding steroid dienone is 2. The molecule has 0 N–H and O–H groups in total. The van der Waals surface area contributed by atoms with Gasteiger partial charge in [0.2, 0.25) is 0 Å². The van der Waals surface area contributed by atoms with E-state index in [4.69, 9.17) is 14.2 Å². The summed E-state index contributed by atoms with van der Waals surface area (Å²) in [4.78, 5) is 0. The van der Waals surface area contributed by atoms with Gasteiger partial charge in [-0.1, -0.05) is 13.8 Å². The van der Waals surface area contributed by atoms with E-state index in [1.54, 1.807) is 41.2 Å². The molecule has 0 bridgehead atoms. The van der Waals surface area contributed by atoms with Crippen LogP contribution < -0.4 is 14.2 Å². The van der Waals surface area contributed by atoms with Gasteiger partial charge in [-0.15, -0.1) is 0 Å². The van der Waals surface area contributed by atoms with Crippen LogP contribution in [0.4, 0.5) is 8.63 Å². The Labute approximate surface area is 200 Å². The highest BCUT2D eigenvalue weighted by Crippen LogP contribution is 2.50. The van der Waals surface area contributed by atoms with Gasteiger partial charge >= 0.3 is 6.97 Å². The van der Waals surface area contributed by atoms with Crippen molar-refractivity contribution in [1.29, 1.82) is 0 Å². The summed E-state index contributed by atoms with van der Waals surface area (Å²) in [7, 11) is 4.71. The average Bonchev–Trinajstić information content (AvgIpc) is 3.23. The summed E-state index contributed by atoms with van der Waals surface area (Å²) >= 11 is 0. The minimum atomic E-state index is -4.08. The third-order valence-corrected chi connectivity index (χ3v) is 7.47. The van der Waals surface area contributed by atoms with E-state index in [1.807, 2.05) is 33.8 Å². The van der Waals surface area contributed by atoms with Crippen LogP contribution in [0, 0.1) is 13.8 Å². The third kappa shape index (κ3) is 3.00. The molecule has 0 spiro atoms. The maximum atomic E-state index is 16.4. The van der Waals surface area contributed by atoms with Gasteiger partial charge < -0.3 is 31.8 Å². The minimum absolute atomic E-state index is 0.514. The SMILES string of the molecule is CCC1=C(C)C2=C(c3cc(OC)c(OC)cc3OC)c3c(C)c(CC)c(C)n3[B-](F)(F)[N+]2=C1C. The number of methoxy groups -OCH3 is 3.